The maximum Gasteiger partial charge on any atom is 0.258 e. The molecule has 1 aromatic carbocycles. The number of likely N-dealkylation sites (N-methyl/N-ethyl adjacent to an activating group) is 1. The second-order valence-electron chi connectivity index (χ2n) is 9.60. The van der Waals surface area contributed by atoms with Gasteiger partial charge in [0.25, 0.3) is 10.0 Å². The van der Waals surface area contributed by atoms with Gasteiger partial charge in [0.15, 0.2) is 0 Å². The molecule has 31 heavy (non-hydrogen) atoms. The van der Waals surface area contributed by atoms with Gasteiger partial charge >= 0.3 is 0 Å². The Bertz CT molecular complexity index is 1060. The van der Waals surface area contributed by atoms with E-state index in [-0.39, 0.29) is 17.6 Å². The lowest BCUT2D eigenvalue weighted by Crippen LogP contribution is -2.54. The number of benzene rings is 1. The third kappa shape index (κ3) is 3.90. The molecular formula is C21H29F2N5O2S. The van der Waals surface area contributed by atoms with Crippen molar-refractivity contribution >= 4 is 10.0 Å². The van der Waals surface area contributed by atoms with E-state index in [1.54, 1.807) is 27.0 Å². The van der Waals surface area contributed by atoms with Crippen LogP contribution in [-0.2, 0) is 23.1 Å². The normalized spacial score (nSPS) is 25.7. The number of nitrogens with zero attached hydrogens (tertiary/aromatic N) is 4. The van der Waals surface area contributed by atoms with Crippen LogP contribution in [0.1, 0.15) is 50.1 Å². The second-order valence-corrected chi connectivity index (χ2v) is 12.1. The predicted octanol–water partition coefficient (Wildman–Crippen LogP) is 2.23. The maximum absolute atomic E-state index is 14.3. The average molecular weight is 454 g/mol. The fraction of sp³-hybridized carbons (Fsp3) is 0.571. The van der Waals surface area contributed by atoms with Crippen LogP contribution in [-0.4, -0.2) is 57.8 Å². The highest BCUT2D eigenvalue weighted by Gasteiger charge is 2.40. The van der Waals surface area contributed by atoms with Gasteiger partial charge in [-0.15, -0.1) is 0 Å². The number of hydrogen-bond donors (Lipinski definition) is 1. The van der Waals surface area contributed by atoms with Crippen molar-refractivity contribution in [3.8, 4) is 0 Å². The first-order valence-electron chi connectivity index (χ1n) is 10.4. The van der Waals surface area contributed by atoms with Crippen LogP contribution >= 0.6 is 0 Å². The van der Waals surface area contributed by atoms with Gasteiger partial charge in [-0.05, 0) is 52.4 Å². The highest BCUT2D eigenvalue weighted by molar-refractivity contribution is 7.91. The lowest BCUT2D eigenvalue weighted by Gasteiger charge is -2.44. The fourth-order valence-electron chi connectivity index (χ4n) is 4.58. The minimum atomic E-state index is -3.57. The first-order chi connectivity index (χ1) is 14.4. The number of fused-ring (bicyclic) bond motifs is 1. The van der Waals surface area contributed by atoms with Gasteiger partial charge in [-0.25, -0.2) is 17.2 Å². The third-order valence-corrected chi connectivity index (χ3v) is 8.55. The monoisotopic (exact) mass is 453 g/mol. The topological polar surface area (TPSA) is 84.5 Å². The van der Waals surface area contributed by atoms with Crippen LogP contribution in [0.5, 0.6) is 0 Å². The Morgan fingerprint density at radius 1 is 1.19 bits per heavy atom. The minimum absolute atomic E-state index is 0.106. The molecule has 0 unspecified atom stereocenters. The Kier molecular flexibility index (Phi) is 5.48. The predicted molar refractivity (Wildman–Crippen MR) is 114 cm³/mol. The molecule has 2 aromatic rings. The summed E-state index contributed by atoms with van der Waals surface area (Å²) in [6, 6.07) is 2.81. The van der Waals surface area contributed by atoms with Crippen LogP contribution < -0.4 is 5.73 Å². The maximum atomic E-state index is 14.3. The van der Waals surface area contributed by atoms with E-state index >= 15 is 0 Å². The summed E-state index contributed by atoms with van der Waals surface area (Å²) in [6.45, 7) is 6.71. The van der Waals surface area contributed by atoms with Crippen molar-refractivity contribution in [2.45, 2.75) is 63.2 Å². The van der Waals surface area contributed by atoms with Crippen molar-refractivity contribution in [2.75, 3.05) is 13.6 Å². The van der Waals surface area contributed by atoms with Crippen molar-refractivity contribution < 1.29 is 17.2 Å². The van der Waals surface area contributed by atoms with E-state index in [4.69, 9.17) is 5.73 Å². The molecule has 4 rings (SSSR count). The molecule has 1 fully saturated rings. The Labute approximate surface area is 181 Å². The van der Waals surface area contributed by atoms with E-state index in [0.29, 0.717) is 26.1 Å². The molecule has 3 heterocycles. The van der Waals surface area contributed by atoms with Crippen molar-refractivity contribution in [3.05, 3.63) is 52.9 Å². The first-order valence-corrected chi connectivity index (χ1v) is 11.8. The van der Waals surface area contributed by atoms with E-state index in [0.717, 1.165) is 27.5 Å². The molecule has 7 nitrogen and oxygen atoms in total. The summed E-state index contributed by atoms with van der Waals surface area (Å²) in [5, 5.41) is 4.35. The molecule has 2 aliphatic rings. The zero-order valence-electron chi connectivity index (χ0n) is 18.2. The van der Waals surface area contributed by atoms with Crippen molar-refractivity contribution in [2.24, 2.45) is 5.73 Å². The fourth-order valence-corrected chi connectivity index (χ4v) is 5.61. The van der Waals surface area contributed by atoms with Crippen LogP contribution in [0.25, 0.3) is 0 Å². The van der Waals surface area contributed by atoms with Crippen LogP contribution in [0.15, 0.2) is 24.4 Å². The molecule has 0 saturated carbocycles. The molecule has 3 atom stereocenters. The number of rotatable bonds is 3. The first kappa shape index (κ1) is 22.3. The molecule has 10 heteroatoms. The van der Waals surface area contributed by atoms with Crippen LogP contribution in [0.2, 0.25) is 0 Å². The summed E-state index contributed by atoms with van der Waals surface area (Å²) in [5.41, 5.74) is 8.35. The van der Waals surface area contributed by atoms with Gasteiger partial charge in [0, 0.05) is 49.0 Å². The quantitative estimate of drug-likeness (QED) is 0.767. The van der Waals surface area contributed by atoms with Crippen LogP contribution in [0.4, 0.5) is 8.78 Å². The Hall–Kier alpha value is -1.88. The minimum Gasteiger partial charge on any atom is -0.326 e. The van der Waals surface area contributed by atoms with E-state index in [1.165, 1.54) is 6.07 Å². The van der Waals surface area contributed by atoms with Gasteiger partial charge < -0.3 is 5.73 Å². The Balaban J connectivity index is 1.48. The zero-order valence-corrected chi connectivity index (χ0v) is 19.0. The molecule has 0 radical (unpaired) electrons. The summed E-state index contributed by atoms with van der Waals surface area (Å²) in [6.07, 6.45) is 2.23. The molecule has 0 amide bonds. The van der Waals surface area contributed by atoms with Crippen LogP contribution in [0, 0.1) is 11.6 Å². The molecule has 2 N–H and O–H groups in total. The third-order valence-electron chi connectivity index (χ3n) is 6.32. The summed E-state index contributed by atoms with van der Waals surface area (Å²) < 4.78 is 53.5. The number of aromatic nitrogens is 2. The van der Waals surface area contributed by atoms with Crippen LogP contribution in [0.3, 0.4) is 0 Å². The lowest BCUT2D eigenvalue weighted by molar-refractivity contribution is 0.0585. The van der Waals surface area contributed by atoms with E-state index in [2.05, 4.69) is 10.00 Å². The second kappa shape index (κ2) is 7.61. The summed E-state index contributed by atoms with van der Waals surface area (Å²) >= 11 is 0. The van der Waals surface area contributed by atoms with Crippen molar-refractivity contribution in [1.29, 1.82) is 0 Å². The molecule has 1 aromatic heterocycles. The number of likely N-dealkylation sites (tertiary alicyclic amines) is 1. The zero-order chi connectivity index (χ0) is 22.7. The van der Waals surface area contributed by atoms with Crippen molar-refractivity contribution in [3.63, 3.8) is 0 Å². The molecule has 0 aliphatic carbocycles. The van der Waals surface area contributed by atoms with E-state index in [1.807, 2.05) is 11.9 Å². The van der Waals surface area contributed by atoms with E-state index < -0.39 is 32.4 Å². The van der Waals surface area contributed by atoms with Crippen molar-refractivity contribution in [1.82, 2.24) is 19.0 Å². The summed E-state index contributed by atoms with van der Waals surface area (Å²) in [4.78, 5) is 4.19. The number of piperidine rings is 1. The van der Waals surface area contributed by atoms with E-state index in [9.17, 15) is 17.2 Å². The van der Waals surface area contributed by atoms with Gasteiger partial charge in [-0.2, -0.15) is 9.19 Å². The largest absolute Gasteiger partial charge is 0.326 e. The summed E-state index contributed by atoms with van der Waals surface area (Å²) in [7, 11) is -1.70. The van der Waals surface area contributed by atoms with Gasteiger partial charge in [-0.3, -0.25) is 9.80 Å². The van der Waals surface area contributed by atoms with Gasteiger partial charge in [0.1, 0.15) is 11.6 Å². The smallest absolute Gasteiger partial charge is 0.258 e. The van der Waals surface area contributed by atoms with Gasteiger partial charge in [0.2, 0.25) is 0 Å². The highest BCUT2D eigenvalue weighted by Crippen LogP contribution is 2.35. The molecule has 2 aliphatic heterocycles. The highest BCUT2D eigenvalue weighted by atomic mass is 32.2. The molecule has 1 saturated heterocycles. The lowest BCUT2D eigenvalue weighted by atomic mass is 9.88. The standard InChI is InChI=1S/C21H29F2N5O2S/c1-21(2,3)31(29,30)28-10-13-9-27(12-19(13)25-28)15-8-18(24)20(26(4)11-15)16-7-14(22)5-6-17(16)23/h5-7,10,15,18,20H,8-9,11-12,24H2,1-4H3/t15-,18+,20-/m1/s1. The Morgan fingerprint density at radius 3 is 2.52 bits per heavy atom. The molecule has 0 spiro atoms. The number of hydrogen-bond acceptors (Lipinski definition) is 6. The molecule has 170 valence electrons. The van der Waals surface area contributed by atoms with Gasteiger partial charge in [0.05, 0.1) is 16.5 Å². The average Bonchev–Trinajstić information content (AvgIpc) is 3.22. The molecule has 0 bridgehead atoms. The number of nitrogens with two attached hydrogens (primary N) is 1. The summed E-state index contributed by atoms with van der Waals surface area (Å²) in [5.74, 6) is -0.936. The Morgan fingerprint density at radius 2 is 1.90 bits per heavy atom. The number of halogens is 2. The SMILES string of the molecule is CN1C[C@H](N2Cc3cn(S(=O)(=O)C(C)(C)C)nc3C2)C[C@H](N)[C@H]1c1cc(F)ccc1F. The molecular weight excluding hydrogens is 424 g/mol. The van der Waals surface area contributed by atoms with Gasteiger partial charge in [-0.1, -0.05) is 0 Å².